The van der Waals surface area contributed by atoms with E-state index in [-0.39, 0.29) is 5.83 Å². The predicted molar refractivity (Wildman–Crippen MR) is 82.4 cm³/mol. The maximum absolute atomic E-state index is 13.6. The fraction of sp³-hybridized carbons (Fsp3) is 0.111. The molecule has 0 nitrogen and oxygen atoms in total. The molecule has 0 fully saturated rings. The summed E-state index contributed by atoms with van der Waals surface area (Å²) in [6.45, 7) is 14.9. The van der Waals surface area contributed by atoms with Gasteiger partial charge in [-0.05, 0) is 35.6 Å². The fourth-order valence-electron chi connectivity index (χ4n) is 1.80. The van der Waals surface area contributed by atoms with E-state index in [9.17, 15) is 4.39 Å². The third-order valence-electron chi connectivity index (χ3n) is 2.94. The molecule has 0 aliphatic heterocycles. The topological polar surface area (TPSA) is 0 Å². The molecule has 0 saturated carbocycles. The summed E-state index contributed by atoms with van der Waals surface area (Å²) in [5, 5.41) is 0. The van der Waals surface area contributed by atoms with Crippen LogP contribution in [0, 0.1) is 0 Å². The van der Waals surface area contributed by atoms with Crippen molar-refractivity contribution in [3.8, 4) is 0 Å². The normalized spacial score (nSPS) is 15.7. The highest BCUT2D eigenvalue weighted by Crippen LogP contribution is 2.30. The number of hydrogen-bond donors (Lipinski definition) is 0. The van der Waals surface area contributed by atoms with Crippen LogP contribution >= 0.6 is 0 Å². The highest BCUT2D eigenvalue weighted by molar-refractivity contribution is 5.50. The third kappa shape index (κ3) is 4.22. The zero-order valence-electron chi connectivity index (χ0n) is 11.2. The molecule has 0 amide bonds. The molecule has 98 valence electrons. The van der Waals surface area contributed by atoms with E-state index in [1.165, 1.54) is 12.2 Å². The minimum Gasteiger partial charge on any atom is -0.206 e. The molecule has 1 heteroatoms. The van der Waals surface area contributed by atoms with E-state index in [1.54, 1.807) is 6.08 Å². The summed E-state index contributed by atoms with van der Waals surface area (Å²) >= 11 is 0. The van der Waals surface area contributed by atoms with Crippen molar-refractivity contribution in [3.05, 3.63) is 97.0 Å². The van der Waals surface area contributed by atoms with Crippen molar-refractivity contribution in [2.75, 3.05) is 0 Å². The van der Waals surface area contributed by atoms with Crippen molar-refractivity contribution in [1.82, 2.24) is 0 Å². The minimum atomic E-state index is -0.330. The van der Waals surface area contributed by atoms with Gasteiger partial charge >= 0.3 is 0 Å². The van der Waals surface area contributed by atoms with Gasteiger partial charge < -0.3 is 0 Å². The summed E-state index contributed by atoms with van der Waals surface area (Å²) in [6, 6.07) is 0. The summed E-state index contributed by atoms with van der Waals surface area (Å²) in [7, 11) is 0. The van der Waals surface area contributed by atoms with Crippen molar-refractivity contribution < 1.29 is 4.39 Å². The smallest absolute Gasteiger partial charge is 0.130 e. The van der Waals surface area contributed by atoms with Crippen LogP contribution in [-0.4, -0.2) is 0 Å². The molecule has 0 aromatic rings. The molecule has 1 aliphatic rings. The summed E-state index contributed by atoms with van der Waals surface area (Å²) in [5.41, 5.74) is 3.47. The molecule has 0 radical (unpaired) electrons. The molecule has 0 heterocycles. The number of halogens is 1. The average molecular weight is 254 g/mol. The molecular formula is C18H19F. The Morgan fingerprint density at radius 1 is 1.05 bits per heavy atom. The summed E-state index contributed by atoms with van der Waals surface area (Å²) in [4.78, 5) is 0. The molecule has 1 rings (SSSR count). The molecule has 0 saturated heterocycles. The third-order valence-corrected chi connectivity index (χ3v) is 2.94. The van der Waals surface area contributed by atoms with E-state index in [0.29, 0.717) is 5.57 Å². The van der Waals surface area contributed by atoms with Gasteiger partial charge in [-0.25, -0.2) is 4.39 Å². The average Bonchev–Trinajstić information content (AvgIpc) is 2.44. The van der Waals surface area contributed by atoms with Crippen molar-refractivity contribution in [3.63, 3.8) is 0 Å². The van der Waals surface area contributed by atoms with E-state index in [1.807, 2.05) is 24.3 Å². The molecule has 1 aliphatic carbocycles. The first kappa shape index (κ1) is 14.9. The molecule has 0 N–H and O–H groups in total. The van der Waals surface area contributed by atoms with Crippen LogP contribution in [0.1, 0.15) is 12.8 Å². The van der Waals surface area contributed by atoms with Crippen LogP contribution in [0.5, 0.6) is 0 Å². The van der Waals surface area contributed by atoms with Gasteiger partial charge in [-0.15, -0.1) is 0 Å². The highest BCUT2D eigenvalue weighted by Gasteiger charge is 2.12. The Kier molecular flexibility index (Phi) is 5.74. The van der Waals surface area contributed by atoms with Gasteiger partial charge in [-0.2, -0.15) is 0 Å². The van der Waals surface area contributed by atoms with Crippen molar-refractivity contribution in [2.24, 2.45) is 0 Å². The van der Waals surface area contributed by atoms with Gasteiger partial charge in [-0.1, -0.05) is 62.8 Å². The monoisotopic (exact) mass is 254 g/mol. The van der Waals surface area contributed by atoms with Crippen LogP contribution in [-0.2, 0) is 0 Å². The van der Waals surface area contributed by atoms with Crippen LogP contribution < -0.4 is 0 Å². The second-order valence-electron chi connectivity index (χ2n) is 4.23. The standard InChI is InChI=1S/C18H19F/c1-5-7-9-14(3)16-10-12-17(13-11-16)15(4)18(19)8-6-2/h5-10,12H,1-4,11,13H2/b9-7-,18-8+. The Labute approximate surface area is 115 Å². The van der Waals surface area contributed by atoms with Crippen LogP contribution in [0.25, 0.3) is 0 Å². The van der Waals surface area contributed by atoms with Crippen molar-refractivity contribution in [1.29, 1.82) is 0 Å². The van der Waals surface area contributed by atoms with Crippen LogP contribution in [0.2, 0.25) is 0 Å². The van der Waals surface area contributed by atoms with Crippen LogP contribution in [0.3, 0.4) is 0 Å². The van der Waals surface area contributed by atoms with Gasteiger partial charge in [0.25, 0.3) is 0 Å². The Balaban J connectivity index is 2.84. The first-order chi connectivity index (χ1) is 9.10. The largest absolute Gasteiger partial charge is 0.206 e. The first-order valence-electron chi connectivity index (χ1n) is 6.16. The van der Waals surface area contributed by atoms with Crippen LogP contribution in [0.4, 0.5) is 4.39 Å². The summed E-state index contributed by atoms with van der Waals surface area (Å²) < 4.78 is 13.6. The lowest BCUT2D eigenvalue weighted by Crippen LogP contribution is -1.97. The lowest BCUT2D eigenvalue weighted by molar-refractivity contribution is 0.651. The van der Waals surface area contributed by atoms with E-state index in [0.717, 1.165) is 29.6 Å². The predicted octanol–water partition coefficient (Wildman–Crippen LogP) is 5.53. The van der Waals surface area contributed by atoms with E-state index in [4.69, 9.17) is 0 Å². The van der Waals surface area contributed by atoms with Gasteiger partial charge in [0.15, 0.2) is 0 Å². The maximum Gasteiger partial charge on any atom is 0.130 e. The molecule has 0 bridgehead atoms. The molecular weight excluding hydrogens is 235 g/mol. The Hall–Kier alpha value is -2.15. The Morgan fingerprint density at radius 2 is 1.68 bits per heavy atom. The van der Waals surface area contributed by atoms with Crippen molar-refractivity contribution >= 4 is 0 Å². The fourth-order valence-corrected chi connectivity index (χ4v) is 1.80. The molecule has 19 heavy (non-hydrogen) atoms. The second kappa shape index (κ2) is 7.32. The quantitative estimate of drug-likeness (QED) is 0.547. The van der Waals surface area contributed by atoms with E-state index >= 15 is 0 Å². The Morgan fingerprint density at radius 3 is 2.21 bits per heavy atom. The molecule has 0 atom stereocenters. The number of allylic oxidation sites excluding steroid dienone is 12. The molecule has 0 unspecified atom stereocenters. The lowest BCUT2D eigenvalue weighted by Gasteiger charge is -2.16. The first-order valence-corrected chi connectivity index (χ1v) is 6.16. The van der Waals surface area contributed by atoms with Gasteiger partial charge in [0.05, 0.1) is 0 Å². The van der Waals surface area contributed by atoms with Gasteiger partial charge in [0.1, 0.15) is 5.83 Å². The SMILES string of the molecule is C=C/C=C\C(=C)C1=CC=C(C(=C)/C(F)=C\C=C)CC1. The second-order valence-corrected chi connectivity index (χ2v) is 4.23. The van der Waals surface area contributed by atoms with Crippen LogP contribution in [0.15, 0.2) is 97.0 Å². The maximum atomic E-state index is 13.6. The van der Waals surface area contributed by atoms with E-state index < -0.39 is 0 Å². The summed E-state index contributed by atoms with van der Waals surface area (Å²) in [5.74, 6) is -0.330. The lowest BCUT2D eigenvalue weighted by atomic mass is 9.90. The van der Waals surface area contributed by atoms with Gasteiger partial charge in [0, 0.05) is 5.57 Å². The number of rotatable bonds is 6. The number of hydrogen-bond acceptors (Lipinski definition) is 0. The Bertz CT molecular complexity index is 522. The summed E-state index contributed by atoms with van der Waals surface area (Å²) in [6.07, 6.45) is 13.7. The molecule has 0 spiro atoms. The van der Waals surface area contributed by atoms with Crippen molar-refractivity contribution in [2.45, 2.75) is 12.8 Å². The molecule has 0 aromatic carbocycles. The zero-order valence-corrected chi connectivity index (χ0v) is 11.2. The molecule has 0 aromatic heterocycles. The van der Waals surface area contributed by atoms with E-state index in [2.05, 4.69) is 26.3 Å². The van der Waals surface area contributed by atoms with Gasteiger partial charge in [0.2, 0.25) is 0 Å². The minimum absolute atomic E-state index is 0.330. The highest BCUT2D eigenvalue weighted by atomic mass is 19.1. The zero-order chi connectivity index (χ0) is 14.3. The van der Waals surface area contributed by atoms with Gasteiger partial charge in [-0.3, -0.25) is 0 Å².